The van der Waals surface area contributed by atoms with Crippen molar-refractivity contribution >= 4 is 27.3 Å². The molecule has 2 aromatic carbocycles. The zero-order valence-corrected chi connectivity index (χ0v) is 12.9. The van der Waals surface area contributed by atoms with E-state index in [-0.39, 0.29) is 10.8 Å². The normalized spacial score (nSPS) is 14.1. The number of carbonyl (C=O) groups is 1. The molecule has 1 amide bonds. The van der Waals surface area contributed by atoms with E-state index in [1.54, 1.807) is 36.4 Å². The first-order valence-corrected chi connectivity index (χ1v) is 8.45. The van der Waals surface area contributed by atoms with E-state index in [1.165, 1.54) is 0 Å². The van der Waals surface area contributed by atoms with E-state index in [4.69, 9.17) is 0 Å². The van der Waals surface area contributed by atoms with Gasteiger partial charge in [0.2, 0.25) is 5.91 Å². The summed E-state index contributed by atoms with van der Waals surface area (Å²) >= 11 is 0. The van der Waals surface area contributed by atoms with Gasteiger partial charge in [-0.25, -0.2) is 8.42 Å². The maximum absolute atomic E-state index is 12.5. The third-order valence-corrected chi connectivity index (χ3v) is 4.99. The third kappa shape index (κ3) is 2.82. The van der Waals surface area contributed by atoms with Crippen molar-refractivity contribution in [3.05, 3.63) is 53.6 Å². The van der Waals surface area contributed by atoms with Gasteiger partial charge in [-0.3, -0.25) is 9.52 Å². The average Bonchev–Trinajstić information content (AvgIpc) is 2.48. The van der Waals surface area contributed by atoms with Crippen molar-refractivity contribution in [2.24, 2.45) is 0 Å². The van der Waals surface area contributed by atoms with Crippen LogP contribution in [0.2, 0.25) is 0 Å². The number of nitrogens with one attached hydrogen (secondary N) is 2. The number of para-hydroxylation sites is 1. The van der Waals surface area contributed by atoms with Crippen molar-refractivity contribution in [1.29, 1.82) is 0 Å². The molecule has 1 aliphatic heterocycles. The topological polar surface area (TPSA) is 75.3 Å². The Bertz CT molecular complexity index is 827. The van der Waals surface area contributed by atoms with E-state index >= 15 is 0 Å². The van der Waals surface area contributed by atoms with Gasteiger partial charge in [0, 0.05) is 6.42 Å². The lowest BCUT2D eigenvalue weighted by atomic mass is 10.0. The van der Waals surface area contributed by atoms with Gasteiger partial charge in [0.1, 0.15) is 0 Å². The molecule has 0 saturated heterocycles. The third-order valence-electron chi connectivity index (χ3n) is 3.61. The minimum absolute atomic E-state index is 0.102. The first kappa shape index (κ1) is 14.6. The van der Waals surface area contributed by atoms with Crippen LogP contribution in [0.5, 0.6) is 0 Å². The molecule has 2 aromatic rings. The number of aryl methyl sites for hydroxylation is 2. The standard InChI is InChI=1S/C16H16N2O3S/c1-11-5-8-13(9-6-11)22(20,21)18-14-4-2-3-12-7-10-15(19)17-16(12)14/h2-6,8-9,18H,7,10H2,1H3,(H,17,19). The largest absolute Gasteiger partial charge is 0.324 e. The molecule has 6 heteroatoms. The van der Waals surface area contributed by atoms with E-state index in [0.717, 1.165) is 11.1 Å². The molecule has 22 heavy (non-hydrogen) atoms. The van der Waals surface area contributed by atoms with Gasteiger partial charge in [-0.2, -0.15) is 0 Å². The Labute approximate surface area is 129 Å². The molecule has 114 valence electrons. The number of carbonyl (C=O) groups excluding carboxylic acids is 1. The number of anilines is 2. The molecule has 0 bridgehead atoms. The van der Waals surface area contributed by atoms with Crippen LogP contribution in [0, 0.1) is 6.92 Å². The second-order valence-electron chi connectivity index (χ2n) is 5.31. The molecule has 1 aliphatic rings. The highest BCUT2D eigenvalue weighted by molar-refractivity contribution is 7.92. The average molecular weight is 316 g/mol. The van der Waals surface area contributed by atoms with Crippen LogP contribution in [0.1, 0.15) is 17.5 Å². The zero-order valence-electron chi connectivity index (χ0n) is 12.1. The van der Waals surface area contributed by atoms with Crippen molar-refractivity contribution in [3.8, 4) is 0 Å². The van der Waals surface area contributed by atoms with E-state index in [0.29, 0.717) is 24.2 Å². The molecule has 0 saturated carbocycles. The van der Waals surface area contributed by atoms with Crippen LogP contribution in [0.25, 0.3) is 0 Å². The number of fused-ring (bicyclic) bond motifs is 1. The lowest BCUT2D eigenvalue weighted by Gasteiger charge is -2.20. The summed E-state index contributed by atoms with van der Waals surface area (Å²) in [5.74, 6) is -0.102. The number of amides is 1. The van der Waals surface area contributed by atoms with Crippen LogP contribution in [-0.4, -0.2) is 14.3 Å². The predicted octanol–water partition coefficient (Wildman–Crippen LogP) is 2.68. The first-order chi connectivity index (χ1) is 10.5. The van der Waals surface area contributed by atoms with Gasteiger partial charge >= 0.3 is 0 Å². The van der Waals surface area contributed by atoms with Crippen LogP contribution in [0.3, 0.4) is 0 Å². The highest BCUT2D eigenvalue weighted by Gasteiger charge is 2.21. The van der Waals surface area contributed by atoms with E-state index < -0.39 is 10.0 Å². The number of benzene rings is 2. The van der Waals surface area contributed by atoms with Crippen molar-refractivity contribution in [1.82, 2.24) is 0 Å². The predicted molar refractivity (Wildman–Crippen MR) is 85.4 cm³/mol. The maximum atomic E-state index is 12.5. The van der Waals surface area contributed by atoms with Crippen LogP contribution < -0.4 is 10.0 Å². The van der Waals surface area contributed by atoms with Crippen LogP contribution in [-0.2, 0) is 21.2 Å². The summed E-state index contributed by atoms with van der Waals surface area (Å²) in [6.07, 6.45) is 1.03. The minimum atomic E-state index is -3.68. The van der Waals surface area contributed by atoms with Gasteiger partial charge in [0.25, 0.3) is 10.0 Å². The van der Waals surface area contributed by atoms with E-state index in [1.807, 2.05) is 13.0 Å². The summed E-state index contributed by atoms with van der Waals surface area (Å²) in [6.45, 7) is 1.90. The fourth-order valence-electron chi connectivity index (χ4n) is 2.41. The highest BCUT2D eigenvalue weighted by Crippen LogP contribution is 2.32. The van der Waals surface area contributed by atoms with Crippen molar-refractivity contribution in [2.45, 2.75) is 24.7 Å². The summed E-state index contributed by atoms with van der Waals surface area (Å²) in [5, 5.41) is 2.75. The van der Waals surface area contributed by atoms with Crippen LogP contribution in [0.15, 0.2) is 47.4 Å². The van der Waals surface area contributed by atoms with Gasteiger partial charge < -0.3 is 5.32 Å². The Hall–Kier alpha value is -2.34. The molecule has 2 N–H and O–H groups in total. The van der Waals surface area contributed by atoms with Crippen molar-refractivity contribution < 1.29 is 13.2 Å². The fraction of sp³-hybridized carbons (Fsp3) is 0.188. The van der Waals surface area contributed by atoms with E-state index in [2.05, 4.69) is 10.0 Å². The van der Waals surface area contributed by atoms with Crippen LogP contribution >= 0.6 is 0 Å². The molecule has 1 heterocycles. The van der Waals surface area contributed by atoms with Gasteiger partial charge in [-0.15, -0.1) is 0 Å². The Balaban J connectivity index is 1.96. The SMILES string of the molecule is Cc1ccc(S(=O)(=O)Nc2cccc3c2NC(=O)CC3)cc1. The van der Waals surface area contributed by atoms with Gasteiger partial charge in [0.05, 0.1) is 16.3 Å². The van der Waals surface area contributed by atoms with Crippen molar-refractivity contribution in [2.75, 3.05) is 10.0 Å². The molecule has 0 atom stereocenters. The summed E-state index contributed by atoms with van der Waals surface area (Å²) < 4.78 is 27.5. The maximum Gasteiger partial charge on any atom is 0.261 e. The molecule has 0 unspecified atom stereocenters. The molecule has 3 rings (SSSR count). The second kappa shape index (κ2) is 5.46. The fourth-order valence-corrected chi connectivity index (χ4v) is 3.48. The van der Waals surface area contributed by atoms with Crippen LogP contribution in [0.4, 0.5) is 11.4 Å². The monoisotopic (exact) mass is 316 g/mol. The Morgan fingerprint density at radius 2 is 1.77 bits per heavy atom. The van der Waals surface area contributed by atoms with Crippen molar-refractivity contribution in [3.63, 3.8) is 0 Å². The van der Waals surface area contributed by atoms with E-state index in [9.17, 15) is 13.2 Å². The summed E-state index contributed by atoms with van der Waals surface area (Å²) in [4.78, 5) is 11.8. The summed E-state index contributed by atoms with van der Waals surface area (Å²) in [5.41, 5.74) is 2.87. The molecule has 0 fully saturated rings. The minimum Gasteiger partial charge on any atom is -0.324 e. The summed E-state index contributed by atoms with van der Waals surface area (Å²) in [6, 6.07) is 11.9. The van der Waals surface area contributed by atoms with Gasteiger partial charge in [-0.1, -0.05) is 29.8 Å². The molecule has 0 spiro atoms. The van der Waals surface area contributed by atoms with Gasteiger partial charge in [0.15, 0.2) is 0 Å². The quantitative estimate of drug-likeness (QED) is 0.914. The smallest absolute Gasteiger partial charge is 0.261 e. The Morgan fingerprint density at radius 3 is 2.50 bits per heavy atom. The highest BCUT2D eigenvalue weighted by atomic mass is 32.2. The number of hydrogen-bond acceptors (Lipinski definition) is 3. The molecule has 0 radical (unpaired) electrons. The number of rotatable bonds is 3. The summed E-state index contributed by atoms with van der Waals surface area (Å²) in [7, 11) is -3.68. The molecule has 5 nitrogen and oxygen atoms in total. The lowest BCUT2D eigenvalue weighted by Crippen LogP contribution is -2.22. The molecular weight excluding hydrogens is 300 g/mol. The Kier molecular flexibility index (Phi) is 3.62. The first-order valence-electron chi connectivity index (χ1n) is 6.97. The second-order valence-corrected chi connectivity index (χ2v) is 6.99. The number of sulfonamides is 1. The molecule has 0 aromatic heterocycles. The zero-order chi connectivity index (χ0) is 15.7. The lowest BCUT2D eigenvalue weighted by molar-refractivity contribution is -0.116. The Morgan fingerprint density at radius 1 is 1.05 bits per heavy atom. The molecule has 0 aliphatic carbocycles. The van der Waals surface area contributed by atoms with Gasteiger partial charge in [-0.05, 0) is 37.1 Å². The molecular formula is C16H16N2O3S. The number of hydrogen-bond donors (Lipinski definition) is 2.